The van der Waals surface area contributed by atoms with Gasteiger partial charge in [0.05, 0.1) is 0 Å². The van der Waals surface area contributed by atoms with Crippen LogP contribution in [0.4, 0.5) is 4.79 Å². The number of rotatable bonds is 0. The number of thioether (sulfide) groups is 1. The Morgan fingerprint density at radius 2 is 1.94 bits per heavy atom. The Hall–Kier alpha value is -0.380. The molecule has 3 nitrogen and oxygen atoms in total. The highest BCUT2D eigenvalue weighted by Gasteiger charge is 2.43. The summed E-state index contributed by atoms with van der Waals surface area (Å²) in [5, 5.41) is 0.649. The number of fused-ring (bicyclic) bond motifs is 1. The zero-order valence-corrected chi connectivity index (χ0v) is 12.2. The largest absolute Gasteiger partial charge is 0.331 e. The van der Waals surface area contributed by atoms with Gasteiger partial charge in [-0.15, -0.1) is 11.8 Å². The van der Waals surface area contributed by atoms with E-state index in [2.05, 4.69) is 30.5 Å². The predicted octanol–water partition coefficient (Wildman–Crippen LogP) is 2.81. The maximum atomic E-state index is 12.3. The molecule has 0 spiro atoms. The minimum atomic E-state index is 0.190. The summed E-state index contributed by atoms with van der Waals surface area (Å²) in [5.41, 5.74) is 0. The minimum absolute atomic E-state index is 0.190. The SMILES string of the molecule is CN(C)C(=O)N1CC(C)(C)SC2CCCCC21. The first-order chi connectivity index (χ1) is 7.91. The van der Waals surface area contributed by atoms with Crippen LogP contribution in [0.25, 0.3) is 0 Å². The lowest BCUT2D eigenvalue weighted by Crippen LogP contribution is -2.59. The summed E-state index contributed by atoms with van der Waals surface area (Å²) in [6, 6.07) is 0.659. The van der Waals surface area contributed by atoms with E-state index in [0.29, 0.717) is 11.3 Å². The van der Waals surface area contributed by atoms with Gasteiger partial charge < -0.3 is 9.80 Å². The van der Waals surface area contributed by atoms with Crippen LogP contribution in [0, 0.1) is 0 Å². The van der Waals surface area contributed by atoms with Gasteiger partial charge >= 0.3 is 6.03 Å². The van der Waals surface area contributed by atoms with E-state index >= 15 is 0 Å². The van der Waals surface area contributed by atoms with Crippen LogP contribution >= 0.6 is 11.8 Å². The summed E-state index contributed by atoms with van der Waals surface area (Å²) < 4.78 is 0.199. The van der Waals surface area contributed by atoms with Crippen LogP contribution in [0.1, 0.15) is 39.5 Å². The van der Waals surface area contributed by atoms with E-state index < -0.39 is 0 Å². The topological polar surface area (TPSA) is 23.6 Å². The fourth-order valence-corrected chi connectivity index (χ4v) is 4.77. The van der Waals surface area contributed by atoms with Crippen molar-refractivity contribution < 1.29 is 4.79 Å². The minimum Gasteiger partial charge on any atom is -0.331 e. The lowest BCUT2D eigenvalue weighted by atomic mass is 9.92. The molecule has 1 aliphatic carbocycles. The monoisotopic (exact) mass is 256 g/mol. The van der Waals surface area contributed by atoms with E-state index in [1.54, 1.807) is 4.90 Å². The molecule has 0 radical (unpaired) electrons. The number of hydrogen-bond acceptors (Lipinski definition) is 2. The molecule has 0 N–H and O–H groups in total. The summed E-state index contributed by atoms with van der Waals surface area (Å²) in [5.74, 6) is 0. The molecular formula is C13H24N2OS. The molecule has 0 bridgehead atoms. The number of hydrogen-bond donors (Lipinski definition) is 0. The fourth-order valence-electron chi connectivity index (χ4n) is 3.01. The highest BCUT2D eigenvalue weighted by Crippen LogP contribution is 2.44. The normalized spacial score (nSPS) is 31.9. The summed E-state index contributed by atoms with van der Waals surface area (Å²) in [6.07, 6.45) is 5.07. The molecule has 98 valence electrons. The molecule has 1 saturated heterocycles. The van der Waals surface area contributed by atoms with Crippen molar-refractivity contribution in [3.05, 3.63) is 0 Å². The third-order valence-corrected chi connectivity index (χ3v) is 5.34. The molecule has 0 aromatic heterocycles. The van der Waals surface area contributed by atoms with Gasteiger partial charge in [0.2, 0.25) is 0 Å². The van der Waals surface area contributed by atoms with Gasteiger partial charge in [-0.05, 0) is 26.7 Å². The van der Waals surface area contributed by atoms with Crippen molar-refractivity contribution in [1.29, 1.82) is 0 Å². The van der Waals surface area contributed by atoms with Crippen molar-refractivity contribution in [2.24, 2.45) is 0 Å². The lowest BCUT2D eigenvalue weighted by molar-refractivity contribution is 0.124. The molecule has 2 aliphatic rings. The molecule has 4 heteroatoms. The highest BCUT2D eigenvalue weighted by atomic mass is 32.2. The number of carbonyl (C=O) groups excluding carboxylic acids is 1. The molecule has 0 aromatic rings. The van der Waals surface area contributed by atoms with Crippen LogP contribution in [0.3, 0.4) is 0 Å². The number of urea groups is 1. The zero-order chi connectivity index (χ0) is 12.6. The Labute approximate surface area is 109 Å². The van der Waals surface area contributed by atoms with Gasteiger partial charge in [-0.3, -0.25) is 0 Å². The third kappa shape index (κ3) is 2.72. The number of nitrogens with zero attached hydrogens (tertiary/aromatic N) is 2. The molecule has 2 atom stereocenters. The van der Waals surface area contributed by atoms with E-state index in [1.807, 2.05) is 14.1 Å². The Bertz CT molecular complexity index is 304. The molecule has 1 saturated carbocycles. The Morgan fingerprint density at radius 1 is 1.29 bits per heavy atom. The van der Waals surface area contributed by atoms with Gasteiger partial charge in [0, 0.05) is 36.7 Å². The van der Waals surface area contributed by atoms with Gasteiger partial charge in [0.15, 0.2) is 0 Å². The van der Waals surface area contributed by atoms with Crippen molar-refractivity contribution in [2.45, 2.75) is 55.6 Å². The van der Waals surface area contributed by atoms with Gasteiger partial charge in [-0.25, -0.2) is 4.79 Å². The number of amides is 2. The molecule has 1 aliphatic heterocycles. The maximum Gasteiger partial charge on any atom is 0.319 e. The maximum absolute atomic E-state index is 12.3. The van der Waals surface area contributed by atoms with E-state index in [9.17, 15) is 4.79 Å². The smallest absolute Gasteiger partial charge is 0.319 e. The van der Waals surface area contributed by atoms with Crippen LogP contribution in [0.15, 0.2) is 0 Å². The van der Waals surface area contributed by atoms with Gasteiger partial charge in [0.1, 0.15) is 0 Å². The second kappa shape index (κ2) is 4.71. The molecule has 0 aromatic carbocycles. The Morgan fingerprint density at radius 3 is 2.59 bits per heavy atom. The molecule has 1 heterocycles. The summed E-state index contributed by atoms with van der Waals surface area (Å²) in [7, 11) is 3.71. The van der Waals surface area contributed by atoms with E-state index in [1.165, 1.54) is 25.7 Å². The van der Waals surface area contributed by atoms with Crippen LogP contribution in [-0.4, -0.2) is 52.5 Å². The molecule has 2 unspecified atom stereocenters. The van der Waals surface area contributed by atoms with Crippen molar-refractivity contribution in [3.63, 3.8) is 0 Å². The van der Waals surface area contributed by atoms with Crippen molar-refractivity contribution >= 4 is 17.8 Å². The second-order valence-corrected chi connectivity index (χ2v) is 8.02. The van der Waals surface area contributed by atoms with Crippen LogP contribution in [0.2, 0.25) is 0 Å². The van der Waals surface area contributed by atoms with Crippen molar-refractivity contribution in [2.75, 3.05) is 20.6 Å². The first-order valence-electron chi connectivity index (χ1n) is 6.56. The van der Waals surface area contributed by atoms with E-state index in [4.69, 9.17) is 0 Å². The average molecular weight is 256 g/mol. The average Bonchev–Trinajstić information content (AvgIpc) is 2.25. The lowest BCUT2D eigenvalue weighted by Gasteiger charge is -2.50. The van der Waals surface area contributed by atoms with Gasteiger partial charge in [-0.2, -0.15) is 0 Å². The van der Waals surface area contributed by atoms with E-state index in [0.717, 1.165) is 6.54 Å². The van der Waals surface area contributed by atoms with Gasteiger partial charge in [0.25, 0.3) is 0 Å². The predicted molar refractivity (Wildman–Crippen MR) is 73.5 cm³/mol. The summed E-state index contributed by atoms with van der Waals surface area (Å²) in [6.45, 7) is 5.41. The number of carbonyl (C=O) groups is 1. The second-order valence-electron chi connectivity index (χ2n) is 6.07. The fraction of sp³-hybridized carbons (Fsp3) is 0.923. The van der Waals surface area contributed by atoms with Crippen molar-refractivity contribution in [1.82, 2.24) is 9.80 Å². The Kier molecular flexibility index (Phi) is 3.62. The zero-order valence-electron chi connectivity index (χ0n) is 11.4. The third-order valence-electron chi connectivity index (χ3n) is 3.72. The molecule has 2 amide bonds. The molecule has 2 fully saturated rings. The Balaban J connectivity index is 2.18. The van der Waals surface area contributed by atoms with Crippen LogP contribution in [-0.2, 0) is 0 Å². The van der Waals surface area contributed by atoms with Crippen molar-refractivity contribution in [3.8, 4) is 0 Å². The first-order valence-corrected chi connectivity index (χ1v) is 7.44. The van der Waals surface area contributed by atoms with Gasteiger partial charge in [-0.1, -0.05) is 12.8 Å². The molecular weight excluding hydrogens is 232 g/mol. The highest BCUT2D eigenvalue weighted by molar-refractivity contribution is 8.01. The summed E-state index contributed by atoms with van der Waals surface area (Å²) in [4.78, 5) is 16.1. The van der Waals surface area contributed by atoms with Crippen LogP contribution < -0.4 is 0 Å². The molecule has 17 heavy (non-hydrogen) atoms. The quantitative estimate of drug-likeness (QED) is 0.665. The summed E-state index contributed by atoms with van der Waals surface area (Å²) >= 11 is 2.09. The first kappa shape index (κ1) is 13.1. The standard InChI is InChI=1S/C13H24N2OS/c1-13(2)9-15(12(16)14(3)4)10-7-5-6-8-11(10)17-13/h10-11H,5-9H2,1-4H3. The molecule has 2 rings (SSSR count). The van der Waals surface area contributed by atoms with E-state index in [-0.39, 0.29) is 10.8 Å². The van der Waals surface area contributed by atoms with Crippen LogP contribution in [0.5, 0.6) is 0 Å².